The molecule has 264 valence electrons. The van der Waals surface area contributed by atoms with E-state index in [0.29, 0.717) is 30.1 Å². The summed E-state index contributed by atoms with van der Waals surface area (Å²) in [6.07, 6.45) is 16.8. The molecule has 0 saturated heterocycles. The molecule has 49 heavy (non-hydrogen) atoms. The van der Waals surface area contributed by atoms with E-state index in [-0.39, 0.29) is 18.0 Å². The van der Waals surface area contributed by atoms with Crippen molar-refractivity contribution in [2.45, 2.75) is 110 Å². The van der Waals surface area contributed by atoms with Gasteiger partial charge < -0.3 is 18.9 Å². The van der Waals surface area contributed by atoms with Crippen LogP contribution in [0.2, 0.25) is 0 Å². The number of unbranched alkanes of at least 4 members (excludes halogenated alkanes) is 11. The summed E-state index contributed by atoms with van der Waals surface area (Å²) in [4.78, 5) is 36.2. The van der Waals surface area contributed by atoms with Gasteiger partial charge in [-0.2, -0.15) is 0 Å². The molecule has 1 atom stereocenters. The van der Waals surface area contributed by atoms with Gasteiger partial charge in [0.15, 0.2) is 0 Å². The molecule has 0 aliphatic heterocycles. The van der Waals surface area contributed by atoms with E-state index in [2.05, 4.69) is 13.5 Å². The molecule has 3 rings (SSSR count). The van der Waals surface area contributed by atoms with Crippen molar-refractivity contribution in [2.24, 2.45) is 0 Å². The zero-order valence-corrected chi connectivity index (χ0v) is 29.5. The average Bonchev–Trinajstić information content (AvgIpc) is 3.12. The van der Waals surface area contributed by atoms with Crippen molar-refractivity contribution in [1.29, 1.82) is 0 Å². The molecule has 0 saturated carbocycles. The lowest BCUT2D eigenvalue weighted by Crippen LogP contribution is -2.15. The molecular formula is C42H54O7. The van der Waals surface area contributed by atoms with Gasteiger partial charge in [-0.1, -0.05) is 102 Å². The molecule has 3 aromatic carbocycles. The smallest absolute Gasteiger partial charge is 0.343 e. The molecule has 7 nitrogen and oxygen atoms in total. The fourth-order valence-electron chi connectivity index (χ4n) is 5.40. The lowest BCUT2D eigenvalue weighted by molar-refractivity contribution is -0.137. The molecule has 7 heteroatoms. The van der Waals surface area contributed by atoms with Gasteiger partial charge in [0.2, 0.25) is 0 Å². The van der Waals surface area contributed by atoms with E-state index in [1.165, 1.54) is 51.0 Å². The van der Waals surface area contributed by atoms with Crippen LogP contribution in [-0.2, 0) is 14.3 Å². The minimum atomic E-state index is -0.466. The summed E-state index contributed by atoms with van der Waals surface area (Å²) in [5, 5.41) is 0. The number of esters is 3. The second-order valence-corrected chi connectivity index (χ2v) is 12.5. The normalized spacial score (nSPS) is 11.4. The Hall–Kier alpha value is -4.39. The van der Waals surface area contributed by atoms with Gasteiger partial charge in [0.05, 0.1) is 30.4 Å². The first-order valence-electron chi connectivity index (χ1n) is 18.0. The van der Waals surface area contributed by atoms with Crippen LogP contribution in [-0.4, -0.2) is 37.2 Å². The van der Waals surface area contributed by atoms with E-state index in [9.17, 15) is 14.4 Å². The lowest BCUT2D eigenvalue weighted by Gasteiger charge is -2.13. The summed E-state index contributed by atoms with van der Waals surface area (Å²) < 4.78 is 22.0. The number of hydrogen-bond donors (Lipinski definition) is 0. The molecule has 0 aromatic heterocycles. The molecule has 0 amide bonds. The third-order valence-corrected chi connectivity index (χ3v) is 8.35. The zero-order valence-electron chi connectivity index (χ0n) is 29.5. The first-order valence-corrected chi connectivity index (χ1v) is 18.0. The van der Waals surface area contributed by atoms with Gasteiger partial charge in [0, 0.05) is 6.08 Å². The molecule has 0 heterocycles. The van der Waals surface area contributed by atoms with Crippen LogP contribution in [0.3, 0.4) is 0 Å². The first-order chi connectivity index (χ1) is 23.9. The van der Waals surface area contributed by atoms with Gasteiger partial charge in [-0.05, 0) is 92.3 Å². The number of carbonyl (C=O) groups excluding carboxylic acids is 3. The van der Waals surface area contributed by atoms with Crippen LogP contribution < -0.4 is 9.47 Å². The molecule has 0 N–H and O–H groups in total. The minimum absolute atomic E-state index is 0.134. The largest absolute Gasteiger partial charge is 0.494 e. The Morgan fingerprint density at radius 1 is 0.612 bits per heavy atom. The van der Waals surface area contributed by atoms with Crippen LogP contribution in [0.4, 0.5) is 0 Å². The second-order valence-electron chi connectivity index (χ2n) is 12.5. The van der Waals surface area contributed by atoms with Crippen LogP contribution in [0.25, 0.3) is 11.1 Å². The maximum absolute atomic E-state index is 12.8. The third kappa shape index (κ3) is 15.6. The number of carbonyl (C=O) groups is 3. The van der Waals surface area contributed by atoms with E-state index < -0.39 is 5.97 Å². The van der Waals surface area contributed by atoms with Gasteiger partial charge in [-0.15, -0.1) is 0 Å². The predicted molar refractivity (Wildman–Crippen MR) is 195 cm³/mol. The monoisotopic (exact) mass is 670 g/mol. The topological polar surface area (TPSA) is 88.1 Å². The Kier molecular flexibility index (Phi) is 18.4. The maximum Gasteiger partial charge on any atom is 0.343 e. The molecule has 0 spiro atoms. The minimum Gasteiger partial charge on any atom is -0.494 e. The maximum atomic E-state index is 12.8. The quantitative estimate of drug-likeness (QED) is 0.0405. The zero-order chi connectivity index (χ0) is 35.1. The molecule has 3 aromatic rings. The Morgan fingerprint density at radius 2 is 1.10 bits per heavy atom. The highest BCUT2D eigenvalue weighted by atomic mass is 16.5. The molecule has 0 unspecified atom stereocenters. The van der Waals surface area contributed by atoms with Crippen LogP contribution in [0, 0.1) is 0 Å². The predicted octanol–water partition coefficient (Wildman–Crippen LogP) is 10.7. The van der Waals surface area contributed by atoms with Gasteiger partial charge in [-0.3, -0.25) is 0 Å². The molecule has 0 radical (unpaired) electrons. The SMILES string of the molecule is C=CC(=O)OCCCCCCCCCCCOc1ccc(-c2ccc(C(=O)Oc3ccc(C(=O)O[C@@H](C)CCCCCC)cc3)cc2)cc1. The third-order valence-electron chi connectivity index (χ3n) is 8.35. The van der Waals surface area contributed by atoms with Crippen molar-refractivity contribution in [1.82, 2.24) is 0 Å². The number of ether oxygens (including phenoxy) is 4. The van der Waals surface area contributed by atoms with Gasteiger partial charge in [0.25, 0.3) is 0 Å². The van der Waals surface area contributed by atoms with Crippen LogP contribution in [0.1, 0.15) is 124 Å². The highest BCUT2D eigenvalue weighted by molar-refractivity contribution is 5.92. The van der Waals surface area contributed by atoms with Crippen molar-refractivity contribution < 1.29 is 33.3 Å². The summed E-state index contributed by atoms with van der Waals surface area (Å²) in [5.41, 5.74) is 2.89. The molecular weight excluding hydrogens is 616 g/mol. The summed E-state index contributed by atoms with van der Waals surface area (Å²) in [5.74, 6) is 0.0314. The standard InChI is InChI=1S/C42H54O7/c1-4-6-7-15-18-33(3)48-41(44)37-25-29-39(30-26-37)49-42(45)36-21-19-34(20-22-36)35-23-27-38(28-24-35)46-31-16-13-11-9-8-10-12-14-17-32-47-40(43)5-2/h5,19-30,33H,2,4,6-18,31-32H2,1,3H3/t33-/m0/s1. The fraction of sp³-hybridized carbons (Fsp3) is 0.452. The lowest BCUT2D eigenvalue weighted by atomic mass is 10.0. The molecule has 0 bridgehead atoms. The average molecular weight is 671 g/mol. The number of rotatable bonds is 24. The van der Waals surface area contributed by atoms with E-state index in [1.807, 2.05) is 43.3 Å². The van der Waals surface area contributed by atoms with Crippen molar-refractivity contribution in [3.63, 3.8) is 0 Å². The van der Waals surface area contributed by atoms with Gasteiger partial charge in [-0.25, -0.2) is 14.4 Å². The van der Waals surface area contributed by atoms with Crippen LogP contribution in [0.5, 0.6) is 11.5 Å². The molecule has 0 aliphatic carbocycles. The van der Waals surface area contributed by atoms with E-state index in [1.54, 1.807) is 36.4 Å². The summed E-state index contributed by atoms with van der Waals surface area (Å²) >= 11 is 0. The summed E-state index contributed by atoms with van der Waals surface area (Å²) in [6, 6.07) is 21.7. The van der Waals surface area contributed by atoms with Crippen molar-refractivity contribution >= 4 is 17.9 Å². The highest BCUT2D eigenvalue weighted by Gasteiger charge is 2.14. The first kappa shape index (κ1) is 39.1. The van der Waals surface area contributed by atoms with Crippen LogP contribution in [0.15, 0.2) is 85.5 Å². The molecule has 0 fully saturated rings. The number of hydrogen-bond acceptors (Lipinski definition) is 7. The second kappa shape index (κ2) is 23.0. The Bertz CT molecular complexity index is 1390. The van der Waals surface area contributed by atoms with Crippen LogP contribution >= 0.6 is 0 Å². The number of benzene rings is 3. The van der Waals surface area contributed by atoms with Crippen molar-refractivity contribution in [2.75, 3.05) is 13.2 Å². The Morgan fingerprint density at radius 3 is 1.69 bits per heavy atom. The van der Waals surface area contributed by atoms with E-state index >= 15 is 0 Å². The fourth-order valence-corrected chi connectivity index (χ4v) is 5.40. The highest BCUT2D eigenvalue weighted by Crippen LogP contribution is 2.24. The van der Waals surface area contributed by atoms with Crippen molar-refractivity contribution in [3.05, 3.63) is 96.6 Å². The van der Waals surface area contributed by atoms with E-state index in [0.717, 1.165) is 61.8 Å². The van der Waals surface area contributed by atoms with E-state index in [4.69, 9.17) is 18.9 Å². The summed E-state index contributed by atoms with van der Waals surface area (Å²) in [7, 11) is 0. The van der Waals surface area contributed by atoms with Crippen molar-refractivity contribution in [3.8, 4) is 22.6 Å². The summed E-state index contributed by atoms with van der Waals surface area (Å²) in [6.45, 7) is 8.67. The van der Waals surface area contributed by atoms with Gasteiger partial charge >= 0.3 is 17.9 Å². The Balaban J connectivity index is 1.30. The Labute approximate surface area is 293 Å². The van der Waals surface area contributed by atoms with Gasteiger partial charge in [0.1, 0.15) is 11.5 Å². The molecule has 0 aliphatic rings.